The largest absolute Gasteiger partial charge is 0.367 e. The molecular formula is C17H25N3O2S. The van der Waals surface area contributed by atoms with Crippen LogP contribution in [0.15, 0.2) is 11.6 Å². The van der Waals surface area contributed by atoms with E-state index in [1.165, 1.54) is 19.3 Å². The maximum atomic E-state index is 13.0. The van der Waals surface area contributed by atoms with E-state index in [2.05, 4.69) is 4.98 Å². The molecule has 0 aromatic carbocycles. The van der Waals surface area contributed by atoms with Crippen LogP contribution >= 0.6 is 11.3 Å². The number of aromatic nitrogens is 1. The molecule has 6 heteroatoms. The first-order valence-corrected chi connectivity index (χ1v) is 9.65. The SMILES string of the molecule is NC1C2CCCC1CC(C(=O)N1CCOC(c3nccs3)C1)C2. The monoisotopic (exact) mass is 335 g/mol. The Bertz CT molecular complexity index is 536. The number of thiazole rings is 1. The third kappa shape index (κ3) is 3.04. The van der Waals surface area contributed by atoms with Gasteiger partial charge in [-0.25, -0.2) is 4.98 Å². The molecular weight excluding hydrogens is 310 g/mol. The van der Waals surface area contributed by atoms with Crippen LogP contribution in [0.1, 0.15) is 43.2 Å². The Hall–Kier alpha value is -0.980. The van der Waals surface area contributed by atoms with E-state index in [-0.39, 0.29) is 12.0 Å². The zero-order valence-electron chi connectivity index (χ0n) is 13.4. The van der Waals surface area contributed by atoms with Crippen molar-refractivity contribution in [3.63, 3.8) is 0 Å². The molecule has 126 valence electrons. The normalized spacial score (nSPS) is 37.6. The van der Waals surface area contributed by atoms with Gasteiger partial charge in [0.15, 0.2) is 0 Å². The van der Waals surface area contributed by atoms with E-state index in [1.54, 1.807) is 17.5 Å². The van der Waals surface area contributed by atoms with Crippen molar-refractivity contribution >= 4 is 17.2 Å². The molecule has 0 spiro atoms. The van der Waals surface area contributed by atoms with Crippen molar-refractivity contribution in [2.45, 2.75) is 44.2 Å². The Morgan fingerprint density at radius 1 is 1.35 bits per heavy atom. The van der Waals surface area contributed by atoms with Crippen molar-refractivity contribution < 1.29 is 9.53 Å². The van der Waals surface area contributed by atoms with Crippen molar-refractivity contribution in [3.8, 4) is 0 Å². The van der Waals surface area contributed by atoms with Gasteiger partial charge in [-0.15, -0.1) is 11.3 Å². The van der Waals surface area contributed by atoms with Crippen LogP contribution in [-0.4, -0.2) is 41.5 Å². The summed E-state index contributed by atoms with van der Waals surface area (Å²) in [5, 5.41) is 2.94. The minimum atomic E-state index is -0.0574. The quantitative estimate of drug-likeness (QED) is 0.899. The molecule has 3 aliphatic rings. The fraction of sp³-hybridized carbons (Fsp3) is 0.765. The molecule has 2 saturated carbocycles. The number of hydrogen-bond donors (Lipinski definition) is 1. The first-order valence-electron chi connectivity index (χ1n) is 8.77. The summed E-state index contributed by atoms with van der Waals surface area (Å²) in [6.07, 6.45) is 7.39. The molecule has 1 aliphatic heterocycles. The van der Waals surface area contributed by atoms with Gasteiger partial charge in [0.2, 0.25) is 5.91 Å². The van der Waals surface area contributed by atoms with Gasteiger partial charge in [0.1, 0.15) is 11.1 Å². The summed E-state index contributed by atoms with van der Waals surface area (Å²) in [6.45, 7) is 1.96. The molecule has 3 unspecified atom stereocenters. The highest BCUT2D eigenvalue weighted by Crippen LogP contribution is 2.42. The molecule has 0 radical (unpaired) electrons. The van der Waals surface area contributed by atoms with Gasteiger partial charge in [0, 0.05) is 30.1 Å². The summed E-state index contributed by atoms with van der Waals surface area (Å²) < 4.78 is 5.82. The Labute approximate surface area is 141 Å². The lowest BCUT2D eigenvalue weighted by Crippen LogP contribution is -2.51. The summed E-state index contributed by atoms with van der Waals surface area (Å²) >= 11 is 1.60. The van der Waals surface area contributed by atoms with E-state index in [0.717, 1.165) is 17.8 Å². The average Bonchev–Trinajstić information content (AvgIpc) is 3.08. The lowest BCUT2D eigenvalue weighted by Gasteiger charge is -2.45. The van der Waals surface area contributed by atoms with Crippen LogP contribution < -0.4 is 5.73 Å². The second-order valence-electron chi connectivity index (χ2n) is 7.21. The molecule has 3 fully saturated rings. The van der Waals surface area contributed by atoms with Crippen LogP contribution in [0.25, 0.3) is 0 Å². The lowest BCUT2D eigenvalue weighted by atomic mass is 9.65. The van der Waals surface area contributed by atoms with E-state index in [9.17, 15) is 4.79 Å². The van der Waals surface area contributed by atoms with E-state index >= 15 is 0 Å². The number of nitrogens with two attached hydrogens (primary N) is 1. The molecule has 23 heavy (non-hydrogen) atoms. The van der Waals surface area contributed by atoms with Crippen molar-refractivity contribution in [2.75, 3.05) is 19.7 Å². The molecule has 2 heterocycles. The van der Waals surface area contributed by atoms with Crippen LogP contribution in [0, 0.1) is 17.8 Å². The minimum Gasteiger partial charge on any atom is -0.367 e. The molecule has 1 saturated heterocycles. The molecule has 2 bridgehead atoms. The Balaban J connectivity index is 1.42. The minimum absolute atomic E-state index is 0.0574. The second kappa shape index (κ2) is 6.49. The Kier molecular flexibility index (Phi) is 4.39. The lowest BCUT2D eigenvalue weighted by molar-refractivity contribution is -0.146. The van der Waals surface area contributed by atoms with Crippen molar-refractivity contribution in [2.24, 2.45) is 23.5 Å². The number of ether oxygens (including phenoxy) is 1. The summed E-state index contributed by atoms with van der Waals surface area (Å²) in [4.78, 5) is 19.4. The van der Waals surface area contributed by atoms with Crippen LogP contribution in [0.3, 0.4) is 0 Å². The number of rotatable bonds is 2. The molecule has 1 aromatic heterocycles. The summed E-state index contributed by atoms with van der Waals surface area (Å²) in [5.41, 5.74) is 6.36. The number of morpholine rings is 1. The van der Waals surface area contributed by atoms with Gasteiger partial charge < -0.3 is 15.4 Å². The zero-order chi connectivity index (χ0) is 15.8. The topological polar surface area (TPSA) is 68.5 Å². The fourth-order valence-electron chi connectivity index (χ4n) is 4.64. The van der Waals surface area contributed by atoms with Gasteiger partial charge in [0.05, 0.1) is 13.2 Å². The van der Waals surface area contributed by atoms with Gasteiger partial charge >= 0.3 is 0 Å². The van der Waals surface area contributed by atoms with Crippen LogP contribution in [0.4, 0.5) is 0 Å². The first-order chi connectivity index (χ1) is 11.2. The van der Waals surface area contributed by atoms with Crippen LogP contribution in [-0.2, 0) is 9.53 Å². The third-order valence-electron chi connectivity index (χ3n) is 5.87. The van der Waals surface area contributed by atoms with E-state index in [0.29, 0.717) is 43.5 Å². The predicted molar refractivity (Wildman–Crippen MR) is 88.9 cm³/mol. The maximum Gasteiger partial charge on any atom is 0.225 e. The fourth-order valence-corrected chi connectivity index (χ4v) is 5.32. The van der Waals surface area contributed by atoms with Gasteiger partial charge in [-0.05, 0) is 37.5 Å². The highest BCUT2D eigenvalue weighted by molar-refractivity contribution is 7.09. The molecule has 1 amide bonds. The Morgan fingerprint density at radius 3 is 2.83 bits per heavy atom. The summed E-state index contributed by atoms with van der Waals surface area (Å²) in [5.74, 6) is 1.58. The Morgan fingerprint density at radius 2 is 2.13 bits per heavy atom. The molecule has 5 nitrogen and oxygen atoms in total. The second-order valence-corrected chi connectivity index (χ2v) is 8.14. The van der Waals surface area contributed by atoms with Crippen molar-refractivity contribution in [1.82, 2.24) is 9.88 Å². The number of fused-ring (bicyclic) bond motifs is 2. The number of nitrogens with zero attached hydrogens (tertiary/aromatic N) is 2. The van der Waals surface area contributed by atoms with Crippen molar-refractivity contribution in [1.29, 1.82) is 0 Å². The van der Waals surface area contributed by atoms with E-state index in [4.69, 9.17) is 10.5 Å². The smallest absolute Gasteiger partial charge is 0.225 e. The van der Waals surface area contributed by atoms with Crippen LogP contribution in [0.2, 0.25) is 0 Å². The standard InChI is InChI=1S/C17H25N3O2S/c18-15-11-2-1-3-12(15)9-13(8-11)17(21)20-5-6-22-14(10-20)16-19-4-7-23-16/h4,7,11-15H,1-3,5-6,8-10,18H2. The maximum absolute atomic E-state index is 13.0. The highest BCUT2D eigenvalue weighted by atomic mass is 32.1. The summed E-state index contributed by atoms with van der Waals surface area (Å²) in [7, 11) is 0. The molecule has 2 aliphatic carbocycles. The number of amides is 1. The zero-order valence-corrected chi connectivity index (χ0v) is 14.2. The third-order valence-corrected chi connectivity index (χ3v) is 6.73. The van der Waals surface area contributed by atoms with Gasteiger partial charge in [-0.3, -0.25) is 4.79 Å². The van der Waals surface area contributed by atoms with Crippen molar-refractivity contribution in [3.05, 3.63) is 16.6 Å². The van der Waals surface area contributed by atoms with Gasteiger partial charge in [-0.1, -0.05) is 6.42 Å². The summed E-state index contributed by atoms with van der Waals surface area (Å²) in [6, 6.07) is 0.320. The predicted octanol–water partition coefficient (Wildman–Crippen LogP) is 2.20. The molecule has 1 aromatic rings. The average molecular weight is 335 g/mol. The van der Waals surface area contributed by atoms with E-state index < -0.39 is 0 Å². The molecule has 3 atom stereocenters. The molecule has 4 rings (SSSR count). The van der Waals surface area contributed by atoms with Crippen LogP contribution in [0.5, 0.6) is 0 Å². The number of carbonyl (C=O) groups is 1. The molecule has 2 N–H and O–H groups in total. The first kappa shape index (κ1) is 15.5. The van der Waals surface area contributed by atoms with E-state index in [1.807, 2.05) is 10.3 Å². The number of hydrogen-bond acceptors (Lipinski definition) is 5. The van der Waals surface area contributed by atoms with Gasteiger partial charge in [-0.2, -0.15) is 0 Å². The number of carbonyl (C=O) groups excluding carboxylic acids is 1. The highest BCUT2D eigenvalue weighted by Gasteiger charge is 2.42. The van der Waals surface area contributed by atoms with Gasteiger partial charge in [0.25, 0.3) is 0 Å².